The summed E-state index contributed by atoms with van der Waals surface area (Å²) in [5.41, 5.74) is 6.52. The third kappa shape index (κ3) is 2.98. The average molecular weight is 307 g/mol. The Labute approximate surface area is 126 Å². The first-order valence-electron chi connectivity index (χ1n) is 6.65. The van der Waals surface area contributed by atoms with Crippen molar-refractivity contribution in [3.8, 4) is 0 Å². The van der Waals surface area contributed by atoms with Crippen LogP contribution in [-0.4, -0.2) is 46.9 Å². The van der Waals surface area contributed by atoms with Gasteiger partial charge in [0, 0.05) is 39.4 Å². The molecular weight excluding hydrogens is 290 g/mol. The van der Waals surface area contributed by atoms with Gasteiger partial charge in [-0.3, -0.25) is 9.48 Å². The summed E-state index contributed by atoms with van der Waals surface area (Å²) in [5.74, 6) is 0.0225. The van der Waals surface area contributed by atoms with Gasteiger partial charge < -0.3 is 21.3 Å². The van der Waals surface area contributed by atoms with Gasteiger partial charge in [0.1, 0.15) is 10.7 Å². The Hall–Kier alpha value is -2.13. The zero-order chi connectivity index (χ0) is 14.8. The van der Waals surface area contributed by atoms with Gasteiger partial charge in [0.15, 0.2) is 5.13 Å². The van der Waals surface area contributed by atoms with E-state index in [-0.39, 0.29) is 11.7 Å². The van der Waals surface area contributed by atoms with Crippen LogP contribution in [0.2, 0.25) is 0 Å². The Bertz CT molecular complexity index is 644. The van der Waals surface area contributed by atoms with Crippen LogP contribution in [0.25, 0.3) is 0 Å². The maximum atomic E-state index is 12.3. The number of nitrogens with two attached hydrogens (primary N) is 1. The lowest BCUT2D eigenvalue weighted by molar-refractivity contribution is 0.103. The van der Waals surface area contributed by atoms with Gasteiger partial charge in [-0.2, -0.15) is 5.10 Å². The number of nitrogen functional groups attached to an aromatic ring is 1. The Morgan fingerprint density at radius 2 is 2.24 bits per heavy atom. The van der Waals surface area contributed by atoms with Crippen LogP contribution in [-0.2, 0) is 7.05 Å². The zero-order valence-electron chi connectivity index (χ0n) is 11.7. The van der Waals surface area contributed by atoms with E-state index < -0.39 is 0 Å². The summed E-state index contributed by atoms with van der Waals surface area (Å²) >= 11 is 1.32. The molecule has 3 rings (SSSR count). The number of hydrogen-bond donors (Lipinski definition) is 3. The minimum Gasteiger partial charge on any atom is -0.382 e. The molecule has 0 atom stereocenters. The predicted octanol–water partition coefficient (Wildman–Crippen LogP) is 0.121. The number of hydrogen-bond acceptors (Lipinski definition) is 7. The fourth-order valence-corrected chi connectivity index (χ4v) is 3.08. The number of piperazine rings is 1. The summed E-state index contributed by atoms with van der Waals surface area (Å²) in [5, 5.41) is 10.9. The summed E-state index contributed by atoms with van der Waals surface area (Å²) in [6.07, 6.45) is 3.32. The van der Waals surface area contributed by atoms with Crippen molar-refractivity contribution in [3.05, 3.63) is 17.3 Å². The second-order valence-electron chi connectivity index (χ2n) is 4.80. The molecule has 0 aromatic carbocycles. The monoisotopic (exact) mass is 307 g/mol. The molecule has 1 aliphatic heterocycles. The van der Waals surface area contributed by atoms with Crippen molar-refractivity contribution in [2.45, 2.75) is 0 Å². The average Bonchev–Trinajstić information content (AvgIpc) is 3.06. The SMILES string of the molecule is Cn1cc(NC(=O)c2sc(N3CCNCC3)nc2N)cn1. The molecule has 2 aromatic heterocycles. The van der Waals surface area contributed by atoms with Crippen molar-refractivity contribution in [1.29, 1.82) is 0 Å². The molecule has 1 saturated heterocycles. The van der Waals surface area contributed by atoms with Crippen LogP contribution in [0, 0.1) is 0 Å². The minimum atomic E-state index is -0.251. The standard InChI is InChI=1S/C12H17N7OS/c1-18-7-8(6-15-18)16-11(20)9-10(13)17-12(21-9)19-4-2-14-3-5-19/h6-7,14H,2-5,13H2,1H3,(H,16,20). The summed E-state index contributed by atoms with van der Waals surface area (Å²) in [6, 6.07) is 0. The van der Waals surface area contributed by atoms with Crippen molar-refractivity contribution < 1.29 is 4.79 Å². The number of aromatic nitrogens is 3. The summed E-state index contributed by atoms with van der Waals surface area (Å²) in [6.45, 7) is 3.57. The summed E-state index contributed by atoms with van der Waals surface area (Å²) in [4.78, 5) is 19.1. The van der Waals surface area contributed by atoms with Gasteiger partial charge in [-0.15, -0.1) is 0 Å². The highest BCUT2D eigenvalue weighted by molar-refractivity contribution is 7.18. The summed E-state index contributed by atoms with van der Waals surface area (Å²) < 4.78 is 1.62. The molecule has 0 radical (unpaired) electrons. The molecular formula is C12H17N7OS. The lowest BCUT2D eigenvalue weighted by Crippen LogP contribution is -2.43. The van der Waals surface area contributed by atoms with Crippen molar-refractivity contribution in [2.75, 3.05) is 42.1 Å². The molecule has 0 bridgehead atoms. The molecule has 21 heavy (non-hydrogen) atoms. The Kier molecular flexibility index (Phi) is 3.76. The molecule has 2 aromatic rings. The lowest BCUT2D eigenvalue weighted by Gasteiger charge is -2.26. The van der Waals surface area contributed by atoms with Crippen LogP contribution in [0.5, 0.6) is 0 Å². The fraction of sp³-hybridized carbons (Fsp3) is 0.417. The van der Waals surface area contributed by atoms with Gasteiger partial charge in [0.25, 0.3) is 5.91 Å². The molecule has 112 valence electrons. The van der Waals surface area contributed by atoms with Gasteiger partial charge in [-0.05, 0) is 0 Å². The highest BCUT2D eigenvalue weighted by Crippen LogP contribution is 2.29. The molecule has 9 heteroatoms. The van der Waals surface area contributed by atoms with E-state index in [1.54, 1.807) is 24.1 Å². The third-order valence-electron chi connectivity index (χ3n) is 3.20. The number of carbonyl (C=O) groups is 1. The number of nitrogens with zero attached hydrogens (tertiary/aromatic N) is 4. The van der Waals surface area contributed by atoms with Crippen LogP contribution in [0.4, 0.5) is 16.6 Å². The smallest absolute Gasteiger partial charge is 0.269 e. The third-order valence-corrected chi connectivity index (χ3v) is 4.33. The van der Waals surface area contributed by atoms with Gasteiger partial charge in [-0.1, -0.05) is 11.3 Å². The van der Waals surface area contributed by atoms with Gasteiger partial charge >= 0.3 is 0 Å². The Morgan fingerprint density at radius 1 is 1.48 bits per heavy atom. The first-order valence-corrected chi connectivity index (χ1v) is 7.47. The topological polar surface area (TPSA) is 101 Å². The zero-order valence-corrected chi connectivity index (χ0v) is 12.5. The normalized spacial score (nSPS) is 15.2. The largest absolute Gasteiger partial charge is 0.382 e. The van der Waals surface area contributed by atoms with E-state index in [1.807, 2.05) is 0 Å². The van der Waals surface area contributed by atoms with Crippen LogP contribution >= 0.6 is 11.3 Å². The van der Waals surface area contributed by atoms with E-state index in [2.05, 4.69) is 25.6 Å². The number of nitrogens with one attached hydrogen (secondary N) is 2. The Balaban J connectivity index is 1.75. The number of amides is 1. The van der Waals surface area contributed by atoms with Crippen LogP contribution in [0.1, 0.15) is 9.67 Å². The van der Waals surface area contributed by atoms with E-state index in [0.29, 0.717) is 10.6 Å². The van der Waals surface area contributed by atoms with E-state index in [9.17, 15) is 4.79 Å². The first kappa shape index (κ1) is 13.8. The molecule has 4 N–H and O–H groups in total. The Morgan fingerprint density at radius 3 is 2.90 bits per heavy atom. The molecule has 8 nitrogen and oxygen atoms in total. The number of rotatable bonds is 3. The van der Waals surface area contributed by atoms with Crippen LogP contribution < -0.4 is 21.3 Å². The predicted molar refractivity (Wildman–Crippen MR) is 82.8 cm³/mol. The van der Waals surface area contributed by atoms with Gasteiger partial charge in [-0.25, -0.2) is 4.98 Å². The number of thiazole rings is 1. The molecule has 0 spiro atoms. The quantitative estimate of drug-likeness (QED) is 0.744. The summed E-state index contributed by atoms with van der Waals surface area (Å²) in [7, 11) is 1.79. The molecule has 0 saturated carbocycles. The lowest BCUT2D eigenvalue weighted by atomic mass is 10.4. The van der Waals surface area contributed by atoms with E-state index in [0.717, 1.165) is 31.3 Å². The van der Waals surface area contributed by atoms with E-state index in [4.69, 9.17) is 5.73 Å². The molecule has 3 heterocycles. The fourth-order valence-electron chi connectivity index (χ4n) is 2.15. The first-order chi connectivity index (χ1) is 10.1. The van der Waals surface area contributed by atoms with Crippen molar-refractivity contribution >= 4 is 33.9 Å². The van der Waals surface area contributed by atoms with E-state index in [1.165, 1.54) is 11.3 Å². The molecule has 1 aliphatic rings. The van der Waals surface area contributed by atoms with Crippen LogP contribution in [0.15, 0.2) is 12.4 Å². The maximum Gasteiger partial charge on any atom is 0.269 e. The highest BCUT2D eigenvalue weighted by Gasteiger charge is 2.21. The second kappa shape index (κ2) is 5.70. The molecule has 1 fully saturated rings. The van der Waals surface area contributed by atoms with E-state index >= 15 is 0 Å². The maximum absolute atomic E-state index is 12.3. The molecule has 1 amide bonds. The van der Waals surface area contributed by atoms with Gasteiger partial charge in [0.05, 0.1) is 11.9 Å². The number of anilines is 3. The second-order valence-corrected chi connectivity index (χ2v) is 5.78. The van der Waals surface area contributed by atoms with Crippen molar-refractivity contribution in [2.24, 2.45) is 7.05 Å². The molecule has 0 unspecified atom stereocenters. The number of carbonyl (C=O) groups excluding carboxylic acids is 1. The number of aryl methyl sites for hydroxylation is 1. The highest BCUT2D eigenvalue weighted by atomic mass is 32.1. The molecule has 0 aliphatic carbocycles. The minimum absolute atomic E-state index is 0.251. The van der Waals surface area contributed by atoms with Crippen molar-refractivity contribution in [3.63, 3.8) is 0 Å². The van der Waals surface area contributed by atoms with Crippen LogP contribution in [0.3, 0.4) is 0 Å². The van der Waals surface area contributed by atoms with Crippen molar-refractivity contribution in [1.82, 2.24) is 20.1 Å². The van der Waals surface area contributed by atoms with Gasteiger partial charge in [0.2, 0.25) is 0 Å².